The van der Waals surface area contributed by atoms with Crippen molar-refractivity contribution in [2.24, 2.45) is 4.99 Å². The third kappa shape index (κ3) is 8.11. The molecule has 0 atom stereocenters. The van der Waals surface area contributed by atoms with E-state index in [1.165, 1.54) is 17.0 Å². The number of amidine groups is 1. The van der Waals surface area contributed by atoms with Gasteiger partial charge < -0.3 is 20.5 Å². The zero-order chi connectivity index (χ0) is 25.3. The zero-order valence-electron chi connectivity index (χ0n) is 18.9. The first-order valence-corrected chi connectivity index (χ1v) is 12.9. The molecule has 188 valence electrons. The van der Waals surface area contributed by atoms with E-state index in [2.05, 4.69) is 15.6 Å². The number of carboxylic acid groups (broad SMARTS) is 1. The summed E-state index contributed by atoms with van der Waals surface area (Å²) < 4.78 is 29.8. The highest BCUT2D eigenvalue weighted by Crippen LogP contribution is 2.16. The summed E-state index contributed by atoms with van der Waals surface area (Å²) in [6, 6.07) is 13.4. The smallest absolute Gasteiger partial charge is 0.413 e. The van der Waals surface area contributed by atoms with E-state index in [0.717, 1.165) is 11.1 Å². The van der Waals surface area contributed by atoms with Gasteiger partial charge in [-0.25, -0.2) is 13.2 Å². The first-order chi connectivity index (χ1) is 16.8. The quantitative estimate of drug-likeness (QED) is 0.338. The molecule has 0 unspecified atom stereocenters. The Bertz CT molecular complexity index is 1170. The van der Waals surface area contributed by atoms with E-state index in [9.17, 15) is 23.1 Å². The van der Waals surface area contributed by atoms with E-state index in [0.29, 0.717) is 30.5 Å². The van der Waals surface area contributed by atoms with E-state index in [1.54, 1.807) is 12.1 Å². The van der Waals surface area contributed by atoms with Gasteiger partial charge in [-0.05, 0) is 23.8 Å². The van der Waals surface area contributed by atoms with Crippen molar-refractivity contribution in [3.8, 4) is 0 Å². The topological polar surface area (TPSA) is 137 Å². The fourth-order valence-electron chi connectivity index (χ4n) is 3.33. The van der Waals surface area contributed by atoms with Crippen molar-refractivity contribution in [2.75, 3.05) is 45.3 Å². The second kappa shape index (κ2) is 12.8. The van der Waals surface area contributed by atoms with Gasteiger partial charge in [0, 0.05) is 23.7 Å². The van der Waals surface area contributed by atoms with Gasteiger partial charge in [0.05, 0.1) is 31.1 Å². The van der Waals surface area contributed by atoms with Gasteiger partial charge >= 0.3 is 6.09 Å². The van der Waals surface area contributed by atoms with Crippen LogP contribution in [0, 0.1) is 0 Å². The third-order valence-corrected chi connectivity index (χ3v) is 6.86. The minimum absolute atomic E-state index is 0.0838. The van der Waals surface area contributed by atoms with Crippen LogP contribution in [0.5, 0.6) is 0 Å². The number of amides is 1. The van der Waals surface area contributed by atoms with Crippen LogP contribution in [-0.4, -0.2) is 81.4 Å². The van der Waals surface area contributed by atoms with Gasteiger partial charge in [0.15, 0.2) is 15.6 Å². The van der Waals surface area contributed by atoms with Crippen LogP contribution in [0.15, 0.2) is 58.4 Å². The number of ether oxygens (including phenoxy) is 1. The number of Topliss-reactive ketones (excluding diaryl/α,β-unsaturated/α-hetero) is 1. The fraction of sp³-hybridized carbons (Fsp3) is 0.348. The molecule has 1 aliphatic rings. The predicted octanol–water partition coefficient (Wildman–Crippen LogP) is 1.78. The largest absolute Gasteiger partial charge is 0.465 e. The molecule has 1 aliphatic heterocycles. The summed E-state index contributed by atoms with van der Waals surface area (Å²) >= 11 is 5.83. The summed E-state index contributed by atoms with van der Waals surface area (Å²) in [6.07, 6.45) is -1.02. The third-order valence-electron chi connectivity index (χ3n) is 5.07. The number of ketones is 1. The monoisotopic (exact) mass is 522 g/mol. The molecule has 12 heteroatoms. The van der Waals surface area contributed by atoms with E-state index in [-0.39, 0.29) is 42.9 Å². The molecule has 0 aromatic heterocycles. The molecule has 0 radical (unpaired) electrons. The van der Waals surface area contributed by atoms with Crippen molar-refractivity contribution in [1.82, 2.24) is 15.5 Å². The molecular weight excluding hydrogens is 496 g/mol. The predicted molar refractivity (Wildman–Crippen MR) is 132 cm³/mol. The minimum Gasteiger partial charge on any atom is -0.465 e. The number of hydrogen-bond donors (Lipinski definition) is 3. The van der Waals surface area contributed by atoms with Crippen LogP contribution in [0.2, 0.25) is 5.02 Å². The second-order valence-corrected chi connectivity index (χ2v) is 10.2. The highest BCUT2D eigenvalue weighted by atomic mass is 35.5. The molecule has 0 saturated heterocycles. The molecule has 10 nitrogen and oxygen atoms in total. The number of sulfone groups is 1. The van der Waals surface area contributed by atoms with Crippen LogP contribution < -0.4 is 10.6 Å². The number of hydrogen-bond acceptors (Lipinski definition) is 8. The Labute approximate surface area is 208 Å². The van der Waals surface area contributed by atoms with Crippen LogP contribution in [0.1, 0.15) is 11.1 Å². The van der Waals surface area contributed by atoms with E-state index < -0.39 is 15.9 Å². The average molecular weight is 523 g/mol. The molecule has 3 rings (SSSR count). The molecule has 0 fully saturated rings. The minimum atomic E-state index is -3.50. The summed E-state index contributed by atoms with van der Waals surface area (Å²) in [5.74, 6) is 0.0543. The second-order valence-electron chi connectivity index (χ2n) is 7.75. The SMILES string of the molecule is O=C(CNCc1ccc(C2=NCCN2C(=O)O)cc1)COCCNCS(=O)(=O)c1cccc(Cl)c1. The van der Waals surface area contributed by atoms with Crippen LogP contribution in [0.4, 0.5) is 4.79 Å². The zero-order valence-corrected chi connectivity index (χ0v) is 20.5. The molecule has 0 saturated carbocycles. The van der Waals surface area contributed by atoms with Gasteiger partial charge in [-0.15, -0.1) is 0 Å². The number of nitrogens with one attached hydrogen (secondary N) is 2. The van der Waals surface area contributed by atoms with Crippen molar-refractivity contribution in [2.45, 2.75) is 11.4 Å². The lowest BCUT2D eigenvalue weighted by atomic mass is 10.1. The molecule has 1 heterocycles. The normalized spacial score (nSPS) is 13.6. The summed E-state index contributed by atoms with van der Waals surface area (Å²) in [5, 5.41) is 15.4. The van der Waals surface area contributed by atoms with Gasteiger partial charge in [0.1, 0.15) is 18.3 Å². The number of nitrogens with zero attached hydrogens (tertiary/aromatic N) is 2. The number of rotatable bonds is 13. The van der Waals surface area contributed by atoms with Crippen LogP contribution >= 0.6 is 11.6 Å². The van der Waals surface area contributed by atoms with E-state index in [4.69, 9.17) is 16.3 Å². The van der Waals surface area contributed by atoms with Crippen LogP contribution in [0.3, 0.4) is 0 Å². The van der Waals surface area contributed by atoms with Crippen molar-refractivity contribution in [3.63, 3.8) is 0 Å². The standard InChI is InChI=1S/C23H27ClN4O6S/c24-19-2-1-3-21(12-19)35(32,33)16-25-9-11-34-15-20(29)14-26-13-17-4-6-18(7-5-17)22-27-8-10-28(22)23(30)31/h1-7,12,25-26H,8-11,13-16H2,(H,30,31). The Kier molecular flexibility index (Phi) is 9.75. The van der Waals surface area contributed by atoms with Gasteiger partial charge in [-0.3, -0.25) is 14.7 Å². The van der Waals surface area contributed by atoms with Gasteiger partial charge in [-0.1, -0.05) is 41.9 Å². The molecule has 3 N–H and O–H groups in total. The Hall–Kier alpha value is -2.83. The van der Waals surface area contributed by atoms with Gasteiger partial charge in [0.2, 0.25) is 0 Å². The molecular formula is C23H27ClN4O6S. The Morgan fingerprint density at radius 1 is 1.14 bits per heavy atom. The van der Waals surface area contributed by atoms with Crippen molar-refractivity contribution >= 4 is 39.2 Å². The van der Waals surface area contributed by atoms with E-state index in [1.807, 2.05) is 24.3 Å². The molecule has 0 bridgehead atoms. The molecule has 2 aromatic rings. The molecule has 35 heavy (non-hydrogen) atoms. The molecule has 1 amide bonds. The van der Waals surface area contributed by atoms with Crippen LogP contribution in [-0.2, 0) is 25.9 Å². The highest BCUT2D eigenvalue weighted by Gasteiger charge is 2.24. The highest BCUT2D eigenvalue weighted by molar-refractivity contribution is 7.91. The van der Waals surface area contributed by atoms with Crippen molar-refractivity contribution in [3.05, 3.63) is 64.7 Å². The first kappa shape index (κ1) is 26.8. The lowest BCUT2D eigenvalue weighted by Crippen LogP contribution is -2.33. The number of carbonyl (C=O) groups is 2. The maximum atomic E-state index is 12.2. The molecule has 0 aliphatic carbocycles. The number of aliphatic imine (C=N–C) groups is 1. The summed E-state index contributed by atoms with van der Waals surface area (Å²) in [5.41, 5.74) is 1.67. The number of halogens is 1. The van der Waals surface area contributed by atoms with Gasteiger partial charge in [-0.2, -0.15) is 0 Å². The first-order valence-electron chi connectivity index (χ1n) is 10.9. The Balaban J connectivity index is 1.29. The summed E-state index contributed by atoms with van der Waals surface area (Å²) in [4.78, 5) is 28.8. The van der Waals surface area contributed by atoms with Crippen molar-refractivity contribution < 1.29 is 27.9 Å². The number of benzene rings is 2. The maximum absolute atomic E-state index is 12.2. The molecule has 0 spiro atoms. The fourth-order valence-corrected chi connectivity index (χ4v) is 4.76. The maximum Gasteiger partial charge on any atom is 0.413 e. The number of carbonyl (C=O) groups excluding carboxylic acids is 1. The molecule has 2 aromatic carbocycles. The average Bonchev–Trinajstić information content (AvgIpc) is 3.32. The summed E-state index contributed by atoms with van der Waals surface area (Å²) in [6.45, 7) is 1.78. The van der Waals surface area contributed by atoms with Crippen LogP contribution in [0.25, 0.3) is 0 Å². The lowest BCUT2D eigenvalue weighted by Gasteiger charge is -2.14. The van der Waals surface area contributed by atoms with E-state index >= 15 is 0 Å². The van der Waals surface area contributed by atoms with Crippen molar-refractivity contribution in [1.29, 1.82) is 0 Å². The Morgan fingerprint density at radius 2 is 1.91 bits per heavy atom. The summed E-state index contributed by atoms with van der Waals surface area (Å²) in [7, 11) is -3.50. The van der Waals surface area contributed by atoms with Gasteiger partial charge in [0.25, 0.3) is 0 Å². The lowest BCUT2D eigenvalue weighted by molar-refractivity contribution is -0.122. The Morgan fingerprint density at radius 3 is 2.63 bits per heavy atom.